The molecule has 0 fully saturated rings. The molecule has 0 aliphatic carbocycles. The van der Waals surface area contributed by atoms with Crippen LogP contribution in [-0.2, 0) is 13.0 Å². The summed E-state index contributed by atoms with van der Waals surface area (Å²) >= 11 is 5.82. The SMILES string of the molecule is CCNC(=NCc1cccnc1Oc1cccc(F)c1)NCCc1ccc(Cl)nc1.I. The Morgan fingerprint density at radius 2 is 2.00 bits per heavy atom. The normalized spacial score (nSPS) is 10.9. The third-order valence-corrected chi connectivity index (χ3v) is 4.33. The minimum absolute atomic E-state index is 0. The van der Waals surface area contributed by atoms with Gasteiger partial charge in [-0.05, 0) is 43.2 Å². The summed E-state index contributed by atoms with van der Waals surface area (Å²) in [5.41, 5.74) is 1.88. The Morgan fingerprint density at radius 3 is 2.74 bits per heavy atom. The lowest BCUT2D eigenvalue weighted by atomic mass is 10.2. The molecule has 0 saturated carbocycles. The maximum Gasteiger partial charge on any atom is 0.224 e. The van der Waals surface area contributed by atoms with Gasteiger partial charge >= 0.3 is 0 Å². The molecule has 0 atom stereocenters. The highest BCUT2D eigenvalue weighted by Gasteiger charge is 2.07. The lowest BCUT2D eigenvalue weighted by molar-refractivity contribution is 0.452. The van der Waals surface area contributed by atoms with Gasteiger partial charge < -0.3 is 15.4 Å². The molecule has 1 aromatic carbocycles. The van der Waals surface area contributed by atoms with E-state index in [0.717, 1.165) is 24.1 Å². The number of guanidine groups is 1. The number of hydrogen-bond donors (Lipinski definition) is 2. The van der Waals surface area contributed by atoms with Crippen molar-refractivity contribution in [2.45, 2.75) is 19.9 Å². The van der Waals surface area contributed by atoms with E-state index in [0.29, 0.717) is 35.8 Å². The third-order valence-electron chi connectivity index (χ3n) is 4.11. The predicted octanol–water partition coefficient (Wildman–Crippen LogP) is 4.98. The summed E-state index contributed by atoms with van der Waals surface area (Å²) in [7, 11) is 0. The Bertz CT molecular complexity index is 988. The fraction of sp³-hybridized carbons (Fsp3) is 0.227. The van der Waals surface area contributed by atoms with Crippen LogP contribution in [0.3, 0.4) is 0 Å². The minimum atomic E-state index is -0.363. The van der Waals surface area contributed by atoms with Gasteiger partial charge in [0.25, 0.3) is 0 Å². The van der Waals surface area contributed by atoms with Crippen LogP contribution in [0.15, 0.2) is 65.9 Å². The minimum Gasteiger partial charge on any atom is -0.439 e. The average molecular weight is 556 g/mol. The van der Waals surface area contributed by atoms with Crippen LogP contribution in [0.25, 0.3) is 0 Å². The van der Waals surface area contributed by atoms with E-state index in [-0.39, 0.29) is 29.8 Å². The van der Waals surface area contributed by atoms with E-state index >= 15 is 0 Å². The summed E-state index contributed by atoms with van der Waals surface area (Å²) in [6.07, 6.45) is 4.18. The van der Waals surface area contributed by atoms with E-state index in [1.165, 1.54) is 12.1 Å². The number of aliphatic imine (C=N–C) groups is 1. The smallest absolute Gasteiger partial charge is 0.224 e. The van der Waals surface area contributed by atoms with Crippen molar-refractivity contribution < 1.29 is 9.13 Å². The highest BCUT2D eigenvalue weighted by Crippen LogP contribution is 2.23. The largest absolute Gasteiger partial charge is 0.439 e. The summed E-state index contributed by atoms with van der Waals surface area (Å²) in [6.45, 7) is 3.78. The molecule has 3 rings (SSSR count). The van der Waals surface area contributed by atoms with Crippen LogP contribution in [-0.4, -0.2) is 29.0 Å². The zero-order chi connectivity index (χ0) is 21.2. The van der Waals surface area contributed by atoms with Crippen molar-refractivity contribution in [1.82, 2.24) is 20.6 Å². The first-order valence-corrected chi connectivity index (χ1v) is 10.0. The molecule has 3 aromatic rings. The Morgan fingerprint density at radius 1 is 1.13 bits per heavy atom. The first-order chi connectivity index (χ1) is 14.6. The second-order valence-electron chi connectivity index (χ2n) is 6.39. The van der Waals surface area contributed by atoms with Crippen molar-refractivity contribution in [2.24, 2.45) is 4.99 Å². The number of ether oxygens (including phenoxy) is 1. The number of nitrogens with one attached hydrogen (secondary N) is 2. The highest BCUT2D eigenvalue weighted by molar-refractivity contribution is 14.0. The van der Waals surface area contributed by atoms with Crippen molar-refractivity contribution >= 4 is 41.5 Å². The first kappa shape index (κ1) is 24.8. The van der Waals surface area contributed by atoms with Crippen molar-refractivity contribution in [1.29, 1.82) is 0 Å². The van der Waals surface area contributed by atoms with Gasteiger partial charge in [0.05, 0.1) is 6.54 Å². The first-order valence-electron chi connectivity index (χ1n) is 9.64. The van der Waals surface area contributed by atoms with Gasteiger partial charge in [0, 0.05) is 37.1 Å². The van der Waals surface area contributed by atoms with Crippen LogP contribution in [0.2, 0.25) is 5.15 Å². The lowest BCUT2D eigenvalue weighted by Crippen LogP contribution is -2.38. The molecule has 0 radical (unpaired) electrons. The van der Waals surface area contributed by atoms with E-state index < -0.39 is 0 Å². The van der Waals surface area contributed by atoms with Gasteiger partial charge in [0.2, 0.25) is 5.88 Å². The number of rotatable bonds is 8. The molecule has 0 unspecified atom stereocenters. The Labute approximate surface area is 203 Å². The molecule has 6 nitrogen and oxygen atoms in total. The Hall–Kier alpha value is -2.46. The molecule has 2 heterocycles. The maximum atomic E-state index is 13.4. The fourth-order valence-corrected chi connectivity index (χ4v) is 2.78. The van der Waals surface area contributed by atoms with Gasteiger partial charge in [-0.1, -0.05) is 29.8 Å². The Kier molecular flexibility index (Phi) is 10.5. The summed E-state index contributed by atoms with van der Waals surface area (Å²) < 4.78 is 19.2. The maximum absolute atomic E-state index is 13.4. The molecule has 31 heavy (non-hydrogen) atoms. The van der Waals surface area contributed by atoms with E-state index in [4.69, 9.17) is 16.3 Å². The van der Waals surface area contributed by atoms with E-state index in [2.05, 4.69) is 25.6 Å². The lowest BCUT2D eigenvalue weighted by Gasteiger charge is -2.12. The van der Waals surface area contributed by atoms with Crippen LogP contribution in [0.1, 0.15) is 18.1 Å². The van der Waals surface area contributed by atoms with Crippen LogP contribution in [0.4, 0.5) is 4.39 Å². The van der Waals surface area contributed by atoms with Crippen LogP contribution in [0.5, 0.6) is 11.6 Å². The van der Waals surface area contributed by atoms with Gasteiger partial charge in [-0.25, -0.2) is 19.4 Å². The fourth-order valence-electron chi connectivity index (χ4n) is 2.66. The topological polar surface area (TPSA) is 71.4 Å². The van der Waals surface area contributed by atoms with E-state index in [9.17, 15) is 4.39 Å². The number of halogens is 3. The number of hydrogen-bond acceptors (Lipinski definition) is 4. The summed E-state index contributed by atoms with van der Waals surface area (Å²) in [5, 5.41) is 7.00. The quantitative estimate of drug-likeness (QED) is 0.178. The van der Waals surface area contributed by atoms with E-state index in [1.807, 2.05) is 25.1 Å². The third kappa shape index (κ3) is 8.29. The van der Waals surface area contributed by atoms with Gasteiger partial charge in [-0.2, -0.15) is 0 Å². The van der Waals surface area contributed by atoms with Gasteiger partial charge in [0.15, 0.2) is 5.96 Å². The van der Waals surface area contributed by atoms with Crippen molar-refractivity contribution in [3.8, 4) is 11.6 Å². The highest BCUT2D eigenvalue weighted by atomic mass is 127. The van der Waals surface area contributed by atoms with Gasteiger partial charge in [-0.3, -0.25) is 0 Å². The van der Waals surface area contributed by atoms with Crippen molar-refractivity contribution in [3.63, 3.8) is 0 Å². The van der Waals surface area contributed by atoms with Crippen LogP contribution < -0.4 is 15.4 Å². The number of benzene rings is 1. The molecule has 9 heteroatoms. The molecule has 0 bridgehead atoms. The molecule has 0 aliphatic heterocycles. The number of pyridine rings is 2. The second kappa shape index (κ2) is 13.1. The molecule has 2 N–H and O–H groups in total. The number of nitrogens with zero attached hydrogens (tertiary/aromatic N) is 3. The zero-order valence-electron chi connectivity index (χ0n) is 17.0. The molecule has 164 valence electrons. The molecule has 0 amide bonds. The summed E-state index contributed by atoms with van der Waals surface area (Å²) in [5.74, 6) is 1.10. The second-order valence-corrected chi connectivity index (χ2v) is 6.78. The summed E-state index contributed by atoms with van der Waals surface area (Å²) in [6, 6.07) is 13.4. The van der Waals surface area contributed by atoms with Crippen molar-refractivity contribution in [3.05, 3.63) is 83.0 Å². The standard InChI is InChI=1S/C22H23ClFN5O.HI/c1-2-25-22(27-12-10-16-8-9-20(23)28-14-16)29-15-17-5-4-11-26-21(17)30-19-7-3-6-18(24)13-19;/h3-9,11,13-14H,2,10,12,15H2,1H3,(H2,25,27,29);1H. The molecule has 0 aliphatic rings. The van der Waals surface area contributed by atoms with Gasteiger partial charge in [0.1, 0.15) is 16.7 Å². The zero-order valence-corrected chi connectivity index (χ0v) is 20.1. The number of aromatic nitrogens is 2. The molecule has 0 saturated heterocycles. The summed E-state index contributed by atoms with van der Waals surface area (Å²) in [4.78, 5) is 13.0. The van der Waals surface area contributed by atoms with Crippen LogP contribution in [0, 0.1) is 5.82 Å². The Balaban J connectivity index is 0.00000341. The molecule has 0 spiro atoms. The molecular weight excluding hydrogens is 532 g/mol. The molecule has 2 aromatic heterocycles. The predicted molar refractivity (Wildman–Crippen MR) is 132 cm³/mol. The molecular formula is C22H24ClFIN5O. The van der Waals surface area contributed by atoms with Crippen molar-refractivity contribution in [2.75, 3.05) is 13.1 Å². The monoisotopic (exact) mass is 555 g/mol. The van der Waals surface area contributed by atoms with E-state index in [1.54, 1.807) is 30.6 Å². The van der Waals surface area contributed by atoms with Gasteiger partial charge in [-0.15, -0.1) is 24.0 Å². The van der Waals surface area contributed by atoms with Crippen LogP contribution >= 0.6 is 35.6 Å². The average Bonchev–Trinajstić information content (AvgIpc) is 2.74.